The molecule has 1 rings (SSSR count). The van der Waals surface area contributed by atoms with Crippen LogP contribution in [0.3, 0.4) is 0 Å². The molecule has 0 saturated carbocycles. The van der Waals surface area contributed by atoms with Crippen LogP contribution in [0.1, 0.15) is 13.3 Å². The second-order valence-corrected chi connectivity index (χ2v) is 3.13. The zero-order chi connectivity index (χ0) is 10.6. The van der Waals surface area contributed by atoms with Crippen molar-refractivity contribution in [2.75, 3.05) is 19.7 Å². The fourth-order valence-corrected chi connectivity index (χ4v) is 1.30. The van der Waals surface area contributed by atoms with Crippen molar-refractivity contribution in [3.63, 3.8) is 0 Å². The highest BCUT2D eigenvalue weighted by Crippen LogP contribution is 2.24. The summed E-state index contributed by atoms with van der Waals surface area (Å²) in [5.74, 6) is -2.85. The number of amides is 1. The molecule has 1 heterocycles. The fourth-order valence-electron chi connectivity index (χ4n) is 1.30. The lowest BCUT2D eigenvalue weighted by Crippen LogP contribution is -2.57. The van der Waals surface area contributed by atoms with E-state index in [9.17, 15) is 13.6 Å². The van der Waals surface area contributed by atoms with Crippen molar-refractivity contribution in [2.45, 2.75) is 25.3 Å². The van der Waals surface area contributed by atoms with Crippen LogP contribution in [0, 0.1) is 0 Å². The van der Waals surface area contributed by atoms with Crippen LogP contribution in [0.5, 0.6) is 0 Å². The minimum absolute atomic E-state index is 0.0752. The zero-order valence-electron chi connectivity index (χ0n) is 7.98. The second kappa shape index (κ2) is 4.54. The van der Waals surface area contributed by atoms with E-state index in [0.717, 1.165) is 0 Å². The van der Waals surface area contributed by atoms with Gasteiger partial charge in [0, 0.05) is 19.5 Å². The molecule has 6 heteroatoms. The molecule has 1 saturated heterocycles. The van der Waals surface area contributed by atoms with Crippen LogP contribution in [0.2, 0.25) is 0 Å². The first kappa shape index (κ1) is 11.2. The van der Waals surface area contributed by atoms with Crippen molar-refractivity contribution in [1.82, 2.24) is 10.6 Å². The molecule has 1 aliphatic rings. The van der Waals surface area contributed by atoms with Crippen molar-refractivity contribution in [1.29, 1.82) is 0 Å². The van der Waals surface area contributed by atoms with Crippen molar-refractivity contribution in [2.24, 2.45) is 0 Å². The van der Waals surface area contributed by atoms with E-state index < -0.39 is 18.1 Å². The molecule has 0 aromatic heterocycles. The predicted molar refractivity (Wildman–Crippen MR) is 46.4 cm³/mol. The summed E-state index contributed by atoms with van der Waals surface area (Å²) in [4.78, 5) is 10.9. The summed E-state index contributed by atoms with van der Waals surface area (Å²) in [5.41, 5.74) is 0. The molecule has 1 unspecified atom stereocenters. The number of piperidine rings is 1. The Morgan fingerprint density at radius 3 is 3.00 bits per heavy atom. The maximum atomic E-state index is 13.2. The number of rotatable bonds is 2. The molecule has 0 aromatic rings. The predicted octanol–water partition coefficient (Wildman–Crippen LogP) is 0.730. The van der Waals surface area contributed by atoms with Gasteiger partial charge in [-0.15, -0.1) is 0 Å². The molecule has 0 bridgehead atoms. The van der Waals surface area contributed by atoms with Gasteiger partial charge in [0.1, 0.15) is 6.04 Å². The lowest BCUT2D eigenvalue weighted by atomic mass is 10.0. The molecular weight excluding hydrogens is 194 g/mol. The Morgan fingerprint density at radius 2 is 2.43 bits per heavy atom. The smallest absolute Gasteiger partial charge is 0.407 e. The van der Waals surface area contributed by atoms with Crippen molar-refractivity contribution in [3.8, 4) is 0 Å². The van der Waals surface area contributed by atoms with E-state index in [0.29, 0.717) is 0 Å². The number of halogens is 2. The van der Waals surface area contributed by atoms with Gasteiger partial charge in [-0.2, -0.15) is 0 Å². The number of ether oxygens (including phenoxy) is 1. The third-order valence-corrected chi connectivity index (χ3v) is 2.06. The van der Waals surface area contributed by atoms with Crippen LogP contribution in [0.25, 0.3) is 0 Å². The highest BCUT2D eigenvalue weighted by Gasteiger charge is 2.42. The Kier molecular flexibility index (Phi) is 3.62. The molecule has 0 spiro atoms. The van der Waals surface area contributed by atoms with Gasteiger partial charge in [-0.3, -0.25) is 0 Å². The summed E-state index contributed by atoms with van der Waals surface area (Å²) >= 11 is 0. The lowest BCUT2D eigenvalue weighted by molar-refractivity contribution is -0.0556. The van der Waals surface area contributed by atoms with Gasteiger partial charge in [0.15, 0.2) is 0 Å². The number of alkyl carbamates (subject to hydrolysis) is 1. The molecule has 1 aliphatic heterocycles. The summed E-state index contributed by atoms with van der Waals surface area (Å²) in [6.07, 6.45) is -1.05. The van der Waals surface area contributed by atoms with E-state index in [2.05, 4.69) is 15.4 Å². The number of hydrogen-bond donors (Lipinski definition) is 2. The summed E-state index contributed by atoms with van der Waals surface area (Å²) < 4.78 is 30.8. The fraction of sp³-hybridized carbons (Fsp3) is 0.875. The summed E-state index contributed by atoms with van der Waals surface area (Å²) in [7, 11) is 0. The van der Waals surface area contributed by atoms with Gasteiger partial charge < -0.3 is 15.4 Å². The van der Waals surface area contributed by atoms with Gasteiger partial charge in [-0.1, -0.05) is 0 Å². The number of nitrogens with one attached hydrogen (secondary N) is 2. The quantitative estimate of drug-likeness (QED) is 0.703. The first-order valence-corrected chi connectivity index (χ1v) is 4.58. The zero-order valence-corrected chi connectivity index (χ0v) is 7.98. The summed E-state index contributed by atoms with van der Waals surface area (Å²) in [6, 6.07) is -1.17. The van der Waals surface area contributed by atoms with Gasteiger partial charge in [-0.25, -0.2) is 13.6 Å². The number of carbonyl (C=O) groups excluding carboxylic acids is 1. The van der Waals surface area contributed by atoms with Crippen molar-refractivity contribution < 1.29 is 18.3 Å². The van der Waals surface area contributed by atoms with Gasteiger partial charge in [0.05, 0.1) is 6.61 Å². The number of alkyl halides is 2. The van der Waals surface area contributed by atoms with Crippen LogP contribution in [0.4, 0.5) is 13.6 Å². The van der Waals surface area contributed by atoms with E-state index in [1.165, 1.54) is 0 Å². The highest BCUT2D eigenvalue weighted by atomic mass is 19.3. The third-order valence-electron chi connectivity index (χ3n) is 2.06. The van der Waals surface area contributed by atoms with Crippen LogP contribution in [-0.2, 0) is 4.74 Å². The van der Waals surface area contributed by atoms with Gasteiger partial charge in [0.25, 0.3) is 5.92 Å². The Hall–Kier alpha value is -0.910. The van der Waals surface area contributed by atoms with Gasteiger partial charge in [-0.05, 0) is 6.92 Å². The molecule has 0 aromatic carbocycles. The number of hydrogen-bond acceptors (Lipinski definition) is 3. The Labute approximate surface area is 81.0 Å². The van der Waals surface area contributed by atoms with Crippen molar-refractivity contribution >= 4 is 6.09 Å². The van der Waals surface area contributed by atoms with Crippen molar-refractivity contribution in [3.05, 3.63) is 0 Å². The summed E-state index contributed by atoms with van der Waals surface area (Å²) in [5, 5.41) is 4.92. The standard InChI is InChI=1S/C8H14F2N2O2/c1-2-14-7(13)12-6-5-11-4-3-8(6,9)10/h6,11H,2-5H2,1H3,(H,12,13). The van der Waals surface area contributed by atoms with E-state index in [1.54, 1.807) is 6.92 Å². The number of carbonyl (C=O) groups is 1. The normalized spacial score (nSPS) is 25.5. The topological polar surface area (TPSA) is 50.4 Å². The molecule has 1 atom stereocenters. The van der Waals surface area contributed by atoms with E-state index >= 15 is 0 Å². The molecular formula is C8H14F2N2O2. The second-order valence-electron chi connectivity index (χ2n) is 3.13. The van der Waals surface area contributed by atoms with E-state index in [1.807, 2.05) is 0 Å². The molecule has 1 fully saturated rings. The molecule has 0 aliphatic carbocycles. The van der Waals surface area contributed by atoms with Gasteiger partial charge >= 0.3 is 6.09 Å². The Bertz CT molecular complexity index is 212. The average Bonchev–Trinajstić information content (AvgIpc) is 2.09. The molecule has 82 valence electrons. The minimum atomic E-state index is -2.85. The average molecular weight is 208 g/mol. The maximum absolute atomic E-state index is 13.2. The first-order chi connectivity index (χ1) is 6.56. The van der Waals surface area contributed by atoms with Gasteiger partial charge in [0.2, 0.25) is 0 Å². The Morgan fingerprint density at radius 1 is 1.71 bits per heavy atom. The SMILES string of the molecule is CCOC(=O)NC1CNCCC1(F)F. The van der Waals surface area contributed by atoms with Crippen LogP contribution in [-0.4, -0.2) is 37.8 Å². The molecule has 14 heavy (non-hydrogen) atoms. The first-order valence-electron chi connectivity index (χ1n) is 4.58. The lowest BCUT2D eigenvalue weighted by Gasteiger charge is -2.31. The molecule has 0 radical (unpaired) electrons. The molecule has 1 amide bonds. The van der Waals surface area contributed by atoms with Crippen LogP contribution >= 0.6 is 0 Å². The largest absolute Gasteiger partial charge is 0.450 e. The molecule has 4 nitrogen and oxygen atoms in total. The van der Waals surface area contributed by atoms with E-state index in [4.69, 9.17) is 0 Å². The monoisotopic (exact) mass is 208 g/mol. The highest BCUT2D eigenvalue weighted by molar-refractivity contribution is 5.67. The maximum Gasteiger partial charge on any atom is 0.407 e. The van der Waals surface area contributed by atoms with Crippen LogP contribution < -0.4 is 10.6 Å². The van der Waals surface area contributed by atoms with Crippen LogP contribution in [0.15, 0.2) is 0 Å². The molecule has 2 N–H and O–H groups in total. The third kappa shape index (κ3) is 2.80. The summed E-state index contributed by atoms with van der Waals surface area (Å²) in [6.45, 7) is 2.15. The Balaban J connectivity index is 2.45. The van der Waals surface area contributed by atoms with E-state index in [-0.39, 0.29) is 26.1 Å². The minimum Gasteiger partial charge on any atom is -0.450 e.